The van der Waals surface area contributed by atoms with Gasteiger partial charge in [-0.15, -0.1) is 0 Å². The van der Waals surface area contributed by atoms with Gasteiger partial charge in [0, 0.05) is 54.5 Å². The van der Waals surface area contributed by atoms with E-state index in [-0.39, 0.29) is 23.0 Å². The van der Waals surface area contributed by atoms with E-state index in [1.807, 2.05) is 36.1 Å². The first kappa shape index (κ1) is 22.3. The predicted octanol–water partition coefficient (Wildman–Crippen LogP) is 6.00. The quantitative estimate of drug-likeness (QED) is 0.584. The Hall–Kier alpha value is -2.88. The number of aryl methyl sites for hydroxylation is 1. The van der Waals surface area contributed by atoms with Crippen LogP contribution in [0.5, 0.6) is 0 Å². The van der Waals surface area contributed by atoms with Crippen LogP contribution in [0.1, 0.15) is 64.0 Å². The number of anilines is 2. The number of hydrogen-bond acceptors (Lipinski definition) is 3. The monoisotopic (exact) mass is 430 g/mol. The van der Waals surface area contributed by atoms with Crippen LogP contribution in [0.4, 0.5) is 11.4 Å². The van der Waals surface area contributed by atoms with E-state index >= 15 is 0 Å². The number of nitrogens with zero attached hydrogens (tertiary/aromatic N) is 2. The van der Waals surface area contributed by atoms with E-state index in [1.165, 1.54) is 5.69 Å². The molecule has 0 aromatic heterocycles. The number of ketones is 1. The van der Waals surface area contributed by atoms with E-state index in [0.717, 1.165) is 47.6 Å². The van der Waals surface area contributed by atoms with E-state index in [9.17, 15) is 9.59 Å². The molecule has 1 aliphatic carbocycles. The molecular weight excluding hydrogens is 396 g/mol. The van der Waals surface area contributed by atoms with Gasteiger partial charge in [0.05, 0.1) is 0 Å². The number of allylic oxidation sites excluding steroid dienone is 2. The van der Waals surface area contributed by atoms with E-state index in [0.29, 0.717) is 12.8 Å². The first-order valence-corrected chi connectivity index (χ1v) is 11.7. The van der Waals surface area contributed by atoms with Gasteiger partial charge in [-0.25, -0.2) is 0 Å². The third-order valence-corrected chi connectivity index (χ3v) is 6.83. The standard InChI is InChI=1S/C28H34N2O2/c1-6-29(7-2)21-13-11-20(12-14-21)23-16-26(32)30(22-10-8-9-19(3)15-22)24-17-28(4,5)18-25(31)27(23)24/h8-15,23H,6-7,16-18H2,1-5H3. The van der Waals surface area contributed by atoms with Gasteiger partial charge in [-0.05, 0) is 68.0 Å². The second-order valence-corrected chi connectivity index (χ2v) is 9.89. The summed E-state index contributed by atoms with van der Waals surface area (Å²) in [6, 6.07) is 16.5. The zero-order chi connectivity index (χ0) is 23.0. The van der Waals surface area contributed by atoms with Gasteiger partial charge in [-0.1, -0.05) is 38.1 Å². The largest absolute Gasteiger partial charge is 0.372 e. The minimum atomic E-state index is -0.173. The highest BCUT2D eigenvalue weighted by Crippen LogP contribution is 2.48. The molecule has 168 valence electrons. The van der Waals surface area contributed by atoms with Crippen molar-refractivity contribution in [2.75, 3.05) is 22.9 Å². The Labute approximate surface area is 191 Å². The Balaban J connectivity index is 1.81. The van der Waals surface area contributed by atoms with Gasteiger partial charge in [-0.3, -0.25) is 14.5 Å². The van der Waals surface area contributed by atoms with Crippen LogP contribution in [-0.2, 0) is 9.59 Å². The Morgan fingerprint density at radius 1 is 1.00 bits per heavy atom. The third kappa shape index (κ3) is 4.11. The molecule has 1 aliphatic heterocycles. The Morgan fingerprint density at radius 2 is 1.69 bits per heavy atom. The van der Waals surface area contributed by atoms with Gasteiger partial charge in [0.25, 0.3) is 0 Å². The summed E-state index contributed by atoms with van der Waals surface area (Å²) in [5.41, 5.74) is 5.77. The number of amides is 1. The fraction of sp³-hybridized carbons (Fsp3) is 0.429. The minimum Gasteiger partial charge on any atom is -0.372 e. The third-order valence-electron chi connectivity index (χ3n) is 6.83. The Morgan fingerprint density at radius 3 is 2.31 bits per heavy atom. The molecule has 1 unspecified atom stereocenters. The Kier molecular flexibility index (Phi) is 5.98. The van der Waals surface area contributed by atoms with Crippen molar-refractivity contribution in [3.05, 3.63) is 70.9 Å². The highest BCUT2D eigenvalue weighted by atomic mass is 16.2. The smallest absolute Gasteiger partial charge is 0.232 e. The average Bonchev–Trinajstić information content (AvgIpc) is 2.73. The van der Waals surface area contributed by atoms with Crippen LogP contribution in [0.15, 0.2) is 59.8 Å². The van der Waals surface area contributed by atoms with Crippen LogP contribution in [-0.4, -0.2) is 24.8 Å². The average molecular weight is 431 g/mol. The molecule has 1 heterocycles. The van der Waals surface area contributed by atoms with Crippen LogP contribution in [0, 0.1) is 12.3 Å². The van der Waals surface area contributed by atoms with E-state index in [1.54, 1.807) is 0 Å². The zero-order valence-corrected chi connectivity index (χ0v) is 19.9. The fourth-order valence-corrected chi connectivity index (χ4v) is 5.27. The number of Topliss-reactive ketones (excluding diaryl/α,β-unsaturated/α-hetero) is 1. The lowest BCUT2D eigenvalue weighted by molar-refractivity contribution is -0.121. The fourth-order valence-electron chi connectivity index (χ4n) is 5.27. The summed E-state index contributed by atoms with van der Waals surface area (Å²) >= 11 is 0. The molecule has 2 aromatic carbocycles. The van der Waals surface area contributed by atoms with Gasteiger partial charge in [0.15, 0.2) is 5.78 Å². The van der Waals surface area contributed by atoms with E-state index in [2.05, 4.69) is 56.9 Å². The summed E-state index contributed by atoms with van der Waals surface area (Å²) in [4.78, 5) is 31.1. The van der Waals surface area contributed by atoms with Crippen molar-refractivity contribution in [1.82, 2.24) is 0 Å². The molecule has 4 heteroatoms. The predicted molar refractivity (Wildman–Crippen MR) is 131 cm³/mol. The maximum Gasteiger partial charge on any atom is 0.232 e. The van der Waals surface area contributed by atoms with Crippen molar-refractivity contribution >= 4 is 23.1 Å². The van der Waals surface area contributed by atoms with Gasteiger partial charge < -0.3 is 4.90 Å². The second-order valence-electron chi connectivity index (χ2n) is 9.89. The molecule has 0 fully saturated rings. The van der Waals surface area contributed by atoms with Crippen molar-refractivity contribution < 1.29 is 9.59 Å². The molecule has 4 nitrogen and oxygen atoms in total. The first-order valence-electron chi connectivity index (χ1n) is 11.7. The molecule has 4 rings (SSSR count). The molecule has 2 aliphatic rings. The number of carbonyl (C=O) groups excluding carboxylic acids is 2. The zero-order valence-electron chi connectivity index (χ0n) is 19.9. The second kappa shape index (κ2) is 8.57. The topological polar surface area (TPSA) is 40.6 Å². The molecule has 0 radical (unpaired) electrons. The highest BCUT2D eigenvalue weighted by Gasteiger charge is 2.44. The van der Waals surface area contributed by atoms with Crippen molar-refractivity contribution in [2.24, 2.45) is 5.41 Å². The van der Waals surface area contributed by atoms with Gasteiger partial charge in [-0.2, -0.15) is 0 Å². The summed E-state index contributed by atoms with van der Waals surface area (Å²) in [7, 11) is 0. The van der Waals surface area contributed by atoms with Crippen LogP contribution in [0.2, 0.25) is 0 Å². The van der Waals surface area contributed by atoms with Gasteiger partial charge in [0.1, 0.15) is 0 Å². The SMILES string of the molecule is CCN(CC)c1ccc(C2CC(=O)N(c3cccc(C)c3)C3=C2C(=O)CC(C)(C)C3)cc1. The lowest BCUT2D eigenvalue weighted by Crippen LogP contribution is -2.43. The van der Waals surface area contributed by atoms with Crippen LogP contribution in [0.3, 0.4) is 0 Å². The molecule has 0 saturated carbocycles. The molecule has 1 amide bonds. The molecule has 0 saturated heterocycles. The van der Waals surface area contributed by atoms with Crippen molar-refractivity contribution in [2.45, 2.75) is 59.8 Å². The van der Waals surface area contributed by atoms with E-state index in [4.69, 9.17) is 0 Å². The molecule has 0 N–H and O–H groups in total. The Bertz CT molecular complexity index is 1060. The maximum absolute atomic E-state index is 13.5. The van der Waals surface area contributed by atoms with Crippen LogP contribution < -0.4 is 9.80 Å². The number of rotatable bonds is 5. The molecular formula is C28H34N2O2. The molecule has 0 spiro atoms. The normalized spacial score (nSPS) is 20.4. The van der Waals surface area contributed by atoms with Crippen molar-refractivity contribution in [3.8, 4) is 0 Å². The summed E-state index contributed by atoms with van der Waals surface area (Å²) in [6.07, 6.45) is 1.57. The number of hydrogen-bond donors (Lipinski definition) is 0. The number of benzene rings is 2. The van der Waals surface area contributed by atoms with Crippen molar-refractivity contribution in [3.63, 3.8) is 0 Å². The van der Waals surface area contributed by atoms with Crippen molar-refractivity contribution in [1.29, 1.82) is 0 Å². The lowest BCUT2D eigenvalue weighted by atomic mass is 9.69. The maximum atomic E-state index is 13.5. The first-order chi connectivity index (χ1) is 15.2. The number of carbonyl (C=O) groups is 2. The lowest BCUT2D eigenvalue weighted by Gasteiger charge is -2.43. The summed E-state index contributed by atoms with van der Waals surface area (Å²) in [5.74, 6) is 0.0739. The molecule has 32 heavy (non-hydrogen) atoms. The van der Waals surface area contributed by atoms with Gasteiger partial charge >= 0.3 is 0 Å². The summed E-state index contributed by atoms with van der Waals surface area (Å²) in [5, 5.41) is 0. The minimum absolute atomic E-state index is 0.0673. The van der Waals surface area contributed by atoms with Crippen LogP contribution >= 0.6 is 0 Å². The molecule has 0 bridgehead atoms. The molecule has 1 atom stereocenters. The summed E-state index contributed by atoms with van der Waals surface area (Å²) < 4.78 is 0. The molecule has 2 aromatic rings. The highest BCUT2D eigenvalue weighted by molar-refractivity contribution is 6.07. The van der Waals surface area contributed by atoms with Gasteiger partial charge in [0.2, 0.25) is 5.91 Å². The van der Waals surface area contributed by atoms with Crippen LogP contribution in [0.25, 0.3) is 0 Å². The van der Waals surface area contributed by atoms with E-state index < -0.39 is 0 Å². The summed E-state index contributed by atoms with van der Waals surface area (Å²) in [6.45, 7) is 12.5.